The van der Waals surface area contributed by atoms with Gasteiger partial charge in [0.15, 0.2) is 0 Å². The first-order chi connectivity index (χ1) is 14.7. The molecule has 1 aromatic heterocycles. The van der Waals surface area contributed by atoms with E-state index in [0.717, 1.165) is 30.6 Å². The first kappa shape index (κ1) is 21.5. The van der Waals surface area contributed by atoms with Crippen molar-refractivity contribution in [3.05, 3.63) is 81.7 Å². The summed E-state index contributed by atoms with van der Waals surface area (Å²) in [5, 5.41) is 14.2. The number of hydrazine groups is 1. The van der Waals surface area contributed by atoms with E-state index >= 15 is 0 Å². The topological polar surface area (TPSA) is 122 Å². The van der Waals surface area contributed by atoms with Crippen molar-refractivity contribution in [1.82, 2.24) is 15.4 Å². The van der Waals surface area contributed by atoms with Crippen LogP contribution < -0.4 is 16.2 Å². The van der Waals surface area contributed by atoms with Crippen LogP contribution in [0.4, 0.5) is 36.2 Å². The summed E-state index contributed by atoms with van der Waals surface area (Å²) >= 11 is 0. The van der Waals surface area contributed by atoms with Gasteiger partial charge in [0.05, 0.1) is 10.5 Å². The molecule has 0 aliphatic rings. The Bertz CT molecular complexity index is 1120. The first-order valence-corrected chi connectivity index (χ1v) is 8.72. The Morgan fingerprint density at radius 3 is 2.29 bits per heavy atom. The summed E-state index contributed by atoms with van der Waals surface area (Å²) in [5.41, 5.74) is 4.45. The largest absolute Gasteiger partial charge is 0.416 e. The van der Waals surface area contributed by atoms with E-state index in [-0.39, 0.29) is 17.3 Å². The molecule has 1 amide bonds. The Labute approximate surface area is 173 Å². The van der Waals surface area contributed by atoms with E-state index in [9.17, 15) is 28.1 Å². The second kappa shape index (κ2) is 8.65. The number of anilines is 3. The van der Waals surface area contributed by atoms with Gasteiger partial charge in [-0.25, -0.2) is 9.97 Å². The number of hydrogen-bond donors (Lipinski definition) is 3. The number of alkyl halides is 3. The number of rotatable bonds is 6. The molecule has 160 valence electrons. The van der Waals surface area contributed by atoms with Gasteiger partial charge in [0.1, 0.15) is 6.33 Å². The molecule has 2 aromatic carbocycles. The average Bonchev–Trinajstić information content (AvgIpc) is 2.72. The fourth-order valence-corrected chi connectivity index (χ4v) is 2.62. The number of aromatic nitrogens is 2. The van der Waals surface area contributed by atoms with E-state index in [2.05, 4.69) is 26.1 Å². The number of nitrogens with one attached hydrogen (secondary N) is 3. The van der Waals surface area contributed by atoms with Crippen LogP contribution in [-0.4, -0.2) is 20.8 Å². The van der Waals surface area contributed by atoms with Gasteiger partial charge in [-0.15, -0.1) is 0 Å². The highest BCUT2D eigenvalue weighted by Gasteiger charge is 2.30. The van der Waals surface area contributed by atoms with E-state index in [0.29, 0.717) is 11.1 Å². The molecular formula is C19H15F3N6O3. The normalized spacial score (nSPS) is 11.0. The molecule has 3 rings (SSSR count). The number of hydrogen-bond acceptors (Lipinski definition) is 7. The summed E-state index contributed by atoms with van der Waals surface area (Å²) in [4.78, 5) is 30.7. The summed E-state index contributed by atoms with van der Waals surface area (Å²) in [6.45, 7) is 1.73. The zero-order valence-corrected chi connectivity index (χ0v) is 15.9. The standard InChI is InChI=1S/C19H15F3N6O3/c1-11-4-2-3-5-14(11)18(29)27-26-17-15(28(30)31)16(23-10-24-17)25-13-8-6-12(7-9-13)19(20,21)22/h2-10H,1H3,(H,27,29)(H2,23,24,25,26). The Kier molecular flexibility index (Phi) is 6.00. The molecule has 0 bridgehead atoms. The highest BCUT2D eigenvalue weighted by molar-refractivity contribution is 5.96. The Morgan fingerprint density at radius 2 is 1.68 bits per heavy atom. The molecule has 0 atom stereocenters. The molecule has 12 heteroatoms. The van der Waals surface area contributed by atoms with Gasteiger partial charge in [-0.1, -0.05) is 18.2 Å². The van der Waals surface area contributed by atoms with E-state index in [1.807, 2.05) is 0 Å². The Balaban J connectivity index is 1.82. The highest BCUT2D eigenvalue weighted by Crippen LogP contribution is 2.33. The minimum Gasteiger partial charge on any atom is -0.334 e. The first-order valence-electron chi connectivity index (χ1n) is 8.72. The van der Waals surface area contributed by atoms with Gasteiger partial charge in [0.2, 0.25) is 11.6 Å². The molecule has 0 radical (unpaired) electrons. The van der Waals surface area contributed by atoms with Crippen LogP contribution in [0.25, 0.3) is 0 Å². The fraction of sp³-hybridized carbons (Fsp3) is 0.105. The van der Waals surface area contributed by atoms with E-state index < -0.39 is 28.3 Å². The monoisotopic (exact) mass is 432 g/mol. The van der Waals surface area contributed by atoms with Crippen LogP contribution >= 0.6 is 0 Å². The molecule has 3 aromatic rings. The van der Waals surface area contributed by atoms with Crippen LogP contribution in [0.15, 0.2) is 54.9 Å². The summed E-state index contributed by atoms with van der Waals surface area (Å²) in [7, 11) is 0. The van der Waals surface area contributed by atoms with Crippen LogP contribution in [0.2, 0.25) is 0 Å². The molecule has 0 spiro atoms. The molecule has 9 nitrogen and oxygen atoms in total. The Hall–Kier alpha value is -4.22. The number of benzene rings is 2. The second-order valence-corrected chi connectivity index (χ2v) is 6.27. The SMILES string of the molecule is Cc1ccccc1C(=O)NNc1ncnc(Nc2ccc(C(F)(F)F)cc2)c1[N+](=O)[O-]. The number of carbonyl (C=O) groups is 1. The lowest BCUT2D eigenvalue weighted by atomic mass is 10.1. The van der Waals surface area contributed by atoms with Crippen molar-refractivity contribution in [2.75, 3.05) is 10.7 Å². The smallest absolute Gasteiger partial charge is 0.334 e. The van der Waals surface area contributed by atoms with E-state index in [1.54, 1.807) is 31.2 Å². The molecular weight excluding hydrogens is 417 g/mol. The average molecular weight is 432 g/mol. The zero-order chi connectivity index (χ0) is 22.6. The van der Waals surface area contributed by atoms with Crippen molar-refractivity contribution >= 4 is 28.9 Å². The maximum atomic E-state index is 12.7. The lowest BCUT2D eigenvalue weighted by Gasteiger charge is -2.12. The summed E-state index contributed by atoms with van der Waals surface area (Å²) in [6, 6.07) is 10.6. The van der Waals surface area contributed by atoms with Gasteiger partial charge in [0, 0.05) is 11.3 Å². The molecule has 0 saturated carbocycles. The highest BCUT2D eigenvalue weighted by atomic mass is 19.4. The van der Waals surface area contributed by atoms with Crippen molar-refractivity contribution in [2.45, 2.75) is 13.1 Å². The molecule has 31 heavy (non-hydrogen) atoms. The maximum Gasteiger partial charge on any atom is 0.416 e. The summed E-state index contributed by atoms with van der Waals surface area (Å²) in [6.07, 6.45) is -3.51. The van der Waals surface area contributed by atoms with Crippen LogP contribution in [0, 0.1) is 17.0 Å². The number of nitrogens with zero attached hydrogens (tertiary/aromatic N) is 3. The second-order valence-electron chi connectivity index (χ2n) is 6.27. The van der Waals surface area contributed by atoms with Gasteiger partial charge in [-0.05, 0) is 42.8 Å². The molecule has 0 saturated heterocycles. The predicted octanol–water partition coefficient (Wildman–Crippen LogP) is 4.21. The van der Waals surface area contributed by atoms with Gasteiger partial charge in [0.25, 0.3) is 5.91 Å². The van der Waals surface area contributed by atoms with Crippen LogP contribution in [0.1, 0.15) is 21.5 Å². The number of nitro groups is 1. The third-order valence-electron chi connectivity index (χ3n) is 4.16. The van der Waals surface area contributed by atoms with Crippen molar-refractivity contribution in [3.8, 4) is 0 Å². The quantitative estimate of drug-likeness (QED) is 0.394. The van der Waals surface area contributed by atoms with Crippen LogP contribution in [0.5, 0.6) is 0 Å². The van der Waals surface area contributed by atoms with Crippen molar-refractivity contribution in [3.63, 3.8) is 0 Å². The van der Waals surface area contributed by atoms with Crippen LogP contribution in [0.3, 0.4) is 0 Å². The lowest BCUT2D eigenvalue weighted by molar-refractivity contribution is -0.383. The summed E-state index contributed by atoms with van der Waals surface area (Å²) < 4.78 is 38.1. The van der Waals surface area contributed by atoms with Crippen molar-refractivity contribution < 1.29 is 22.9 Å². The molecule has 0 aliphatic carbocycles. The zero-order valence-electron chi connectivity index (χ0n) is 15.9. The molecule has 0 aliphatic heterocycles. The predicted molar refractivity (Wildman–Crippen MR) is 106 cm³/mol. The lowest BCUT2D eigenvalue weighted by Crippen LogP contribution is -2.30. The van der Waals surface area contributed by atoms with Crippen molar-refractivity contribution in [1.29, 1.82) is 0 Å². The van der Waals surface area contributed by atoms with Gasteiger partial charge in [-0.2, -0.15) is 13.2 Å². The minimum absolute atomic E-state index is 0.143. The summed E-state index contributed by atoms with van der Waals surface area (Å²) in [5.74, 6) is -1.12. The van der Waals surface area contributed by atoms with Crippen molar-refractivity contribution in [2.24, 2.45) is 0 Å². The third kappa shape index (κ3) is 5.04. The van der Waals surface area contributed by atoms with Crippen LogP contribution in [-0.2, 0) is 6.18 Å². The minimum atomic E-state index is -4.51. The molecule has 1 heterocycles. The Morgan fingerprint density at radius 1 is 1.03 bits per heavy atom. The van der Waals surface area contributed by atoms with E-state index in [4.69, 9.17) is 0 Å². The number of carbonyl (C=O) groups excluding carboxylic acids is 1. The maximum absolute atomic E-state index is 12.7. The molecule has 0 unspecified atom stereocenters. The molecule has 3 N–H and O–H groups in total. The van der Waals surface area contributed by atoms with Gasteiger partial charge < -0.3 is 5.32 Å². The molecule has 0 fully saturated rings. The fourth-order valence-electron chi connectivity index (χ4n) is 2.62. The number of aryl methyl sites for hydroxylation is 1. The van der Waals surface area contributed by atoms with Gasteiger partial charge in [-0.3, -0.25) is 25.8 Å². The number of halogens is 3. The number of amides is 1. The third-order valence-corrected chi connectivity index (χ3v) is 4.16. The van der Waals surface area contributed by atoms with Gasteiger partial charge >= 0.3 is 11.9 Å². The van der Waals surface area contributed by atoms with E-state index in [1.165, 1.54) is 0 Å².